The molecule has 0 fully saturated rings. The molecule has 2 heterocycles. The number of pyridine rings is 1. The summed E-state index contributed by atoms with van der Waals surface area (Å²) in [6.07, 6.45) is 3.39. The van der Waals surface area contributed by atoms with E-state index < -0.39 is 0 Å². The first-order valence-corrected chi connectivity index (χ1v) is 12.8. The number of aromatic nitrogens is 4. The minimum Gasteiger partial charge on any atom is -0.497 e. The van der Waals surface area contributed by atoms with E-state index in [0.717, 1.165) is 22.6 Å². The Balaban J connectivity index is 1.57. The van der Waals surface area contributed by atoms with E-state index in [4.69, 9.17) is 4.74 Å². The molecule has 1 N–H and O–H groups in total. The van der Waals surface area contributed by atoms with Crippen molar-refractivity contribution in [1.29, 1.82) is 0 Å². The van der Waals surface area contributed by atoms with Crippen molar-refractivity contribution in [2.24, 2.45) is 5.10 Å². The number of carbonyl (C=O) groups excluding carboxylic acids is 1. The van der Waals surface area contributed by atoms with Crippen molar-refractivity contribution in [3.05, 3.63) is 84.2 Å². The first-order chi connectivity index (χ1) is 17.8. The van der Waals surface area contributed by atoms with Gasteiger partial charge < -0.3 is 4.74 Å². The Bertz CT molecular complexity index is 1380. The van der Waals surface area contributed by atoms with E-state index in [1.165, 1.54) is 17.3 Å². The topological polar surface area (TPSA) is 94.3 Å². The number of hydrazone groups is 1. The zero-order chi connectivity index (χ0) is 26.4. The van der Waals surface area contributed by atoms with Crippen molar-refractivity contribution >= 4 is 23.4 Å². The fraction of sp³-hybridized carbons (Fsp3) is 0.250. The third kappa shape index (κ3) is 6.42. The number of rotatable bonds is 8. The van der Waals surface area contributed by atoms with Crippen LogP contribution in [0.1, 0.15) is 38.8 Å². The van der Waals surface area contributed by atoms with Crippen LogP contribution in [0.3, 0.4) is 0 Å². The molecule has 0 saturated heterocycles. The van der Waals surface area contributed by atoms with Crippen LogP contribution < -0.4 is 10.2 Å². The van der Waals surface area contributed by atoms with E-state index in [1.807, 2.05) is 47.9 Å². The van der Waals surface area contributed by atoms with Gasteiger partial charge in [-0.25, -0.2) is 5.43 Å². The molecular weight excluding hydrogens is 484 g/mol. The number of hydrogen-bond donors (Lipinski definition) is 1. The molecule has 0 unspecified atom stereocenters. The molecule has 0 aliphatic heterocycles. The molecule has 190 valence electrons. The third-order valence-corrected chi connectivity index (χ3v) is 6.66. The second kappa shape index (κ2) is 11.4. The monoisotopic (exact) mass is 514 g/mol. The number of benzene rings is 2. The number of ether oxygens (including phenoxy) is 1. The zero-order valence-electron chi connectivity index (χ0n) is 21.6. The van der Waals surface area contributed by atoms with Crippen LogP contribution in [0.15, 0.2) is 83.3 Å². The fourth-order valence-corrected chi connectivity index (χ4v) is 4.33. The minimum absolute atomic E-state index is 0.0500. The molecule has 0 aliphatic rings. The summed E-state index contributed by atoms with van der Waals surface area (Å²) in [6, 6.07) is 19.7. The lowest BCUT2D eigenvalue weighted by molar-refractivity contribution is -0.118. The minimum atomic E-state index is -0.242. The molecule has 2 aromatic carbocycles. The van der Waals surface area contributed by atoms with Gasteiger partial charge in [0.15, 0.2) is 11.0 Å². The maximum Gasteiger partial charge on any atom is 0.250 e. The highest BCUT2D eigenvalue weighted by atomic mass is 32.2. The van der Waals surface area contributed by atoms with E-state index in [9.17, 15) is 4.79 Å². The second-order valence-electron chi connectivity index (χ2n) is 9.43. The molecule has 0 atom stereocenters. The maximum absolute atomic E-state index is 12.6. The highest BCUT2D eigenvalue weighted by Gasteiger charge is 2.19. The lowest BCUT2D eigenvalue weighted by Crippen LogP contribution is -2.21. The van der Waals surface area contributed by atoms with Crippen LogP contribution in [0.25, 0.3) is 17.1 Å². The first kappa shape index (κ1) is 26.1. The van der Waals surface area contributed by atoms with Crippen LogP contribution in [0, 0.1) is 0 Å². The van der Waals surface area contributed by atoms with Gasteiger partial charge in [0.2, 0.25) is 0 Å². The van der Waals surface area contributed by atoms with Gasteiger partial charge in [-0.3, -0.25) is 14.3 Å². The van der Waals surface area contributed by atoms with Gasteiger partial charge >= 0.3 is 0 Å². The van der Waals surface area contributed by atoms with E-state index in [2.05, 4.69) is 70.7 Å². The average molecular weight is 515 g/mol. The Morgan fingerprint density at radius 2 is 1.78 bits per heavy atom. The molecule has 4 aromatic rings. The molecular formula is C28H30N6O2S. The van der Waals surface area contributed by atoms with Gasteiger partial charge in [0, 0.05) is 29.2 Å². The molecule has 0 saturated carbocycles. The van der Waals surface area contributed by atoms with Crippen molar-refractivity contribution in [3.8, 4) is 22.8 Å². The number of amides is 1. The molecule has 0 radical (unpaired) electrons. The number of nitrogens with zero attached hydrogens (tertiary/aromatic N) is 5. The van der Waals surface area contributed by atoms with Gasteiger partial charge in [-0.2, -0.15) is 5.10 Å². The van der Waals surface area contributed by atoms with Crippen molar-refractivity contribution in [2.75, 3.05) is 12.9 Å². The SMILES string of the molecule is COc1ccc(-n2c(SCC(=O)N/N=C(\C)c3cccnc3)nnc2-c2ccc(C(C)(C)C)cc2)cc1. The van der Waals surface area contributed by atoms with Gasteiger partial charge in [-0.05, 0) is 48.2 Å². The van der Waals surface area contributed by atoms with Gasteiger partial charge in [0.05, 0.1) is 18.6 Å². The lowest BCUT2D eigenvalue weighted by Gasteiger charge is -2.19. The fourth-order valence-electron chi connectivity index (χ4n) is 3.58. The van der Waals surface area contributed by atoms with Crippen molar-refractivity contribution in [3.63, 3.8) is 0 Å². The van der Waals surface area contributed by atoms with Crippen LogP contribution in [0.2, 0.25) is 0 Å². The first-order valence-electron chi connectivity index (χ1n) is 11.8. The largest absolute Gasteiger partial charge is 0.497 e. The highest BCUT2D eigenvalue weighted by Crippen LogP contribution is 2.30. The number of methoxy groups -OCH3 is 1. The molecule has 2 aromatic heterocycles. The van der Waals surface area contributed by atoms with Crippen LogP contribution in [-0.2, 0) is 10.2 Å². The van der Waals surface area contributed by atoms with Gasteiger partial charge in [0.25, 0.3) is 5.91 Å². The van der Waals surface area contributed by atoms with Crippen LogP contribution in [0.4, 0.5) is 0 Å². The zero-order valence-corrected chi connectivity index (χ0v) is 22.4. The Morgan fingerprint density at radius 1 is 1.05 bits per heavy atom. The normalized spacial score (nSPS) is 11.9. The van der Waals surface area contributed by atoms with Crippen LogP contribution in [0.5, 0.6) is 5.75 Å². The average Bonchev–Trinajstić information content (AvgIpc) is 3.34. The van der Waals surface area contributed by atoms with E-state index >= 15 is 0 Å². The quantitative estimate of drug-likeness (QED) is 0.196. The smallest absolute Gasteiger partial charge is 0.250 e. The Kier molecular flexibility index (Phi) is 8.03. The molecule has 9 heteroatoms. The predicted octanol–water partition coefficient (Wildman–Crippen LogP) is 5.27. The summed E-state index contributed by atoms with van der Waals surface area (Å²) in [6.45, 7) is 8.37. The summed E-state index contributed by atoms with van der Waals surface area (Å²) in [4.78, 5) is 16.6. The molecule has 1 amide bonds. The predicted molar refractivity (Wildman–Crippen MR) is 147 cm³/mol. The molecule has 4 rings (SSSR count). The molecule has 37 heavy (non-hydrogen) atoms. The summed E-state index contributed by atoms with van der Waals surface area (Å²) in [5.41, 5.74) is 7.22. The molecule has 8 nitrogen and oxygen atoms in total. The van der Waals surface area contributed by atoms with Crippen LogP contribution in [-0.4, -0.2) is 44.2 Å². The van der Waals surface area contributed by atoms with Gasteiger partial charge in [-0.1, -0.05) is 62.9 Å². The summed E-state index contributed by atoms with van der Waals surface area (Å²) in [7, 11) is 1.63. The van der Waals surface area contributed by atoms with Gasteiger partial charge in [-0.15, -0.1) is 10.2 Å². The number of thioether (sulfide) groups is 1. The van der Waals surface area contributed by atoms with E-state index in [-0.39, 0.29) is 17.1 Å². The summed E-state index contributed by atoms with van der Waals surface area (Å²) < 4.78 is 7.27. The Morgan fingerprint density at radius 3 is 2.41 bits per heavy atom. The van der Waals surface area contributed by atoms with E-state index in [1.54, 1.807) is 19.5 Å². The maximum atomic E-state index is 12.6. The number of nitrogens with one attached hydrogen (secondary N) is 1. The Labute approximate surface area is 221 Å². The molecule has 0 bridgehead atoms. The molecule has 0 aliphatic carbocycles. The summed E-state index contributed by atoms with van der Waals surface area (Å²) in [5.74, 6) is 1.33. The number of carbonyl (C=O) groups is 1. The van der Waals surface area contributed by atoms with Crippen molar-refractivity contribution in [1.82, 2.24) is 25.2 Å². The van der Waals surface area contributed by atoms with E-state index in [0.29, 0.717) is 16.7 Å². The standard InChI is InChI=1S/C28H30N6O2S/c1-19(21-7-6-16-29-17-21)30-31-25(35)18-37-27-33-32-26(20-8-10-22(11-9-20)28(2,3)4)34(27)23-12-14-24(36-5)15-13-23/h6-17H,18H2,1-5H3,(H,31,35)/b30-19+. The van der Waals surface area contributed by atoms with Crippen molar-refractivity contribution in [2.45, 2.75) is 38.3 Å². The van der Waals surface area contributed by atoms with Gasteiger partial charge in [0.1, 0.15) is 5.75 Å². The van der Waals surface area contributed by atoms with Crippen LogP contribution >= 0.6 is 11.8 Å². The lowest BCUT2D eigenvalue weighted by atomic mass is 9.87. The second-order valence-corrected chi connectivity index (χ2v) is 10.4. The highest BCUT2D eigenvalue weighted by molar-refractivity contribution is 7.99. The molecule has 0 spiro atoms. The summed E-state index contributed by atoms with van der Waals surface area (Å²) in [5, 5.41) is 13.7. The number of hydrogen-bond acceptors (Lipinski definition) is 7. The third-order valence-electron chi connectivity index (χ3n) is 5.73. The summed E-state index contributed by atoms with van der Waals surface area (Å²) >= 11 is 1.29. The van der Waals surface area contributed by atoms with Crippen molar-refractivity contribution < 1.29 is 9.53 Å². The Hall–Kier alpha value is -3.98.